The zero-order chi connectivity index (χ0) is 22.2. The molecule has 0 aliphatic carbocycles. The number of nitrogens with zero attached hydrogens (tertiary/aromatic N) is 7. The van der Waals surface area contributed by atoms with E-state index in [2.05, 4.69) is 24.7 Å². The molecule has 10 nitrogen and oxygen atoms in total. The molecule has 31 heavy (non-hydrogen) atoms. The molecule has 164 valence electrons. The average Bonchev–Trinajstić information content (AvgIpc) is 3.40. The predicted octanol–water partition coefficient (Wildman–Crippen LogP) is 1.85. The summed E-state index contributed by atoms with van der Waals surface area (Å²) in [5.41, 5.74) is 0.708. The molecule has 0 spiro atoms. The molecule has 1 saturated heterocycles. The van der Waals surface area contributed by atoms with Crippen LogP contribution in [0.15, 0.2) is 29.0 Å². The summed E-state index contributed by atoms with van der Waals surface area (Å²) in [6.07, 6.45) is -1.69. The van der Waals surface area contributed by atoms with Crippen LogP contribution in [0.3, 0.4) is 0 Å². The molecule has 4 rings (SSSR count). The van der Waals surface area contributed by atoms with Crippen LogP contribution in [0, 0.1) is 0 Å². The largest absolute Gasteiger partial charge is 0.479 e. The molecule has 13 heteroatoms. The van der Waals surface area contributed by atoms with Gasteiger partial charge in [0.1, 0.15) is 11.4 Å². The third-order valence-electron chi connectivity index (χ3n) is 4.78. The Kier molecular flexibility index (Phi) is 5.25. The maximum Gasteiger partial charge on any atom is 0.471 e. The first-order chi connectivity index (χ1) is 14.8. The van der Waals surface area contributed by atoms with E-state index in [1.807, 2.05) is 4.90 Å². The minimum Gasteiger partial charge on any atom is -0.479 e. The number of ether oxygens (including phenoxy) is 1. The molecule has 0 unspecified atom stereocenters. The van der Waals surface area contributed by atoms with Crippen molar-refractivity contribution in [2.45, 2.75) is 6.18 Å². The van der Waals surface area contributed by atoms with Gasteiger partial charge in [0.05, 0.1) is 7.11 Å². The number of piperazine rings is 1. The second-order valence-corrected chi connectivity index (χ2v) is 6.83. The predicted molar refractivity (Wildman–Crippen MR) is 100 cm³/mol. The lowest BCUT2D eigenvalue weighted by Crippen LogP contribution is -2.49. The van der Waals surface area contributed by atoms with Crippen molar-refractivity contribution in [3.8, 4) is 17.3 Å². The molecule has 0 atom stereocenters. The van der Waals surface area contributed by atoms with Crippen LogP contribution >= 0.6 is 0 Å². The number of anilines is 1. The first-order valence-corrected chi connectivity index (χ1v) is 9.25. The number of aryl methyl sites for hydroxylation is 1. The van der Waals surface area contributed by atoms with E-state index >= 15 is 0 Å². The minimum absolute atomic E-state index is 0.162. The van der Waals surface area contributed by atoms with E-state index in [0.717, 1.165) is 0 Å². The smallest absolute Gasteiger partial charge is 0.471 e. The fourth-order valence-corrected chi connectivity index (χ4v) is 3.24. The molecule has 0 bridgehead atoms. The molecule has 0 N–H and O–H groups in total. The van der Waals surface area contributed by atoms with Gasteiger partial charge < -0.3 is 19.1 Å². The Morgan fingerprint density at radius 2 is 1.94 bits per heavy atom. The van der Waals surface area contributed by atoms with Crippen LogP contribution < -0.4 is 9.64 Å². The number of hydrogen-bond donors (Lipinski definition) is 0. The SMILES string of the molecule is COc1nn(C)cc1C(=O)N1CCN(c2ccc(-c3noc(C(F)(F)F)n3)cn2)CC1. The summed E-state index contributed by atoms with van der Waals surface area (Å²) in [5.74, 6) is -0.841. The Hall–Kier alpha value is -3.64. The van der Waals surface area contributed by atoms with E-state index in [0.29, 0.717) is 43.1 Å². The van der Waals surface area contributed by atoms with Crippen molar-refractivity contribution in [3.05, 3.63) is 36.0 Å². The van der Waals surface area contributed by atoms with E-state index in [1.165, 1.54) is 18.0 Å². The number of rotatable bonds is 4. The number of methoxy groups -OCH3 is 1. The molecule has 0 saturated carbocycles. The van der Waals surface area contributed by atoms with Gasteiger partial charge in [0, 0.05) is 51.2 Å². The third kappa shape index (κ3) is 4.15. The number of alkyl halides is 3. The topological polar surface area (TPSA) is 102 Å². The van der Waals surface area contributed by atoms with Gasteiger partial charge in [-0.15, -0.1) is 5.10 Å². The molecule has 3 aromatic heterocycles. The molecular formula is C18H18F3N7O3. The summed E-state index contributed by atoms with van der Waals surface area (Å²) in [6.45, 7) is 2.03. The van der Waals surface area contributed by atoms with E-state index < -0.39 is 12.1 Å². The first-order valence-electron chi connectivity index (χ1n) is 9.25. The number of aromatic nitrogens is 5. The molecule has 1 fully saturated rings. The maximum atomic E-state index is 12.8. The van der Waals surface area contributed by atoms with Crippen LogP contribution in [0.25, 0.3) is 11.4 Å². The first kappa shape index (κ1) is 20.6. The van der Waals surface area contributed by atoms with Crippen LogP contribution in [0.2, 0.25) is 0 Å². The second kappa shape index (κ2) is 7.89. The summed E-state index contributed by atoms with van der Waals surface area (Å²) >= 11 is 0. The zero-order valence-electron chi connectivity index (χ0n) is 16.6. The maximum absolute atomic E-state index is 12.8. The normalized spacial score (nSPS) is 14.7. The molecule has 1 amide bonds. The standard InChI is InChI=1S/C18H18F3N7O3/c1-26-10-12(15(24-26)30-2)16(29)28-7-5-27(6-8-28)13-4-3-11(9-22-13)14-23-17(31-25-14)18(19,20)21/h3-4,9-10H,5-8H2,1-2H3. The van der Waals surface area contributed by atoms with Crippen molar-refractivity contribution >= 4 is 11.7 Å². The number of carbonyl (C=O) groups is 1. The highest BCUT2D eigenvalue weighted by atomic mass is 19.4. The second-order valence-electron chi connectivity index (χ2n) is 6.83. The fourth-order valence-electron chi connectivity index (χ4n) is 3.24. The molecule has 0 aromatic carbocycles. The number of halogens is 3. The van der Waals surface area contributed by atoms with Gasteiger partial charge in [-0.3, -0.25) is 9.48 Å². The van der Waals surface area contributed by atoms with E-state index in [1.54, 1.807) is 30.3 Å². The Balaban J connectivity index is 1.40. The molecule has 1 aliphatic rings. The van der Waals surface area contributed by atoms with Gasteiger partial charge in [-0.05, 0) is 12.1 Å². The number of amides is 1. The highest BCUT2D eigenvalue weighted by molar-refractivity contribution is 5.96. The van der Waals surface area contributed by atoms with Crippen LogP contribution in [0.1, 0.15) is 16.2 Å². The van der Waals surface area contributed by atoms with Gasteiger partial charge in [-0.1, -0.05) is 5.16 Å². The summed E-state index contributed by atoms with van der Waals surface area (Å²) in [7, 11) is 3.18. The Morgan fingerprint density at radius 3 is 2.52 bits per heavy atom. The number of carbonyl (C=O) groups excluding carboxylic acids is 1. The molecular weight excluding hydrogens is 419 g/mol. The lowest BCUT2D eigenvalue weighted by atomic mass is 10.2. The Bertz CT molecular complexity index is 1070. The summed E-state index contributed by atoms with van der Waals surface area (Å²) in [6, 6.07) is 3.24. The van der Waals surface area contributed by atoms with Gasteiger partial charge in [0.25, 0.3) is 5.91 Å². The van der Waals surface area contributed by atoms with E-state index in [9.17, 15) is 18.0 Å². The Labute approximate surface area is 174 Å². The van der Waals surface area contributed by atoms with Gasteiger partial charge in [0.2, 0.25) is 11.7 Å². The van der Waals surface area contributed by atoms with Crippen molar-refractivity contribution in [2.24, 2.45) is 7.05 Å². The van der Waals surface area contributed by atoms with Crippen LogP contribution in [0.5, 0.6) is 5.88 Å². The fraction of sp³-hybridized carbons (Fsp3) is 0.389. The molecule has 0 radical (unpaired) electrons. The van der Waals surface area contributed by atoms with Crippen LogP contribution in [-0.4, -0.2) is 69.0 Å². The number of pyridine rings is 1. The van der Waals surface area contributed by atoms with Gasteiger partial charge >= 0.3 is 12.1 Å². The van der Waals surface area contributed by atoms with Crippen molar-refractivity contribution < 1.29 is 27.2 Å². The van der Waals surface area contributed by atoms with Gasteiger partial charge in [-0.25, -0.2) is 4.98 Å². The van der Waals surface area contributed by atoms with Crippen molar-refractivity contribution in [1.29, 1.82) is 0 Å². The highest BCUT2D eigenvalue weighted by Crippen LogP contribution is 2.29. The van der Waals surface area contributed by atoms with Crippen molar-refractivity contribution in [1.82, 2.24) is 29.8 Å². The summed E-state index contributed by atoms with van der Waals surface area (Å²) in [4.78, 5) is 24.1. The highest BCUT2D eigenvalue weighted by Gasteiger charge is 2.38. The van der Waals surface area contributed by atoms with Crippen LogP contribution in [0.4, 0.5) is 19.0 Å². The van der Waals surface area contributed by atoms with Crippen molar-refractivity contribution in [3.63, 3.8) is 0 Å². The van der Waals surface area contributed by atoms with E-state index in [4.69, 9.17) is 4.74 Å². The molecule has 4 heterocycles. The minimum atomic E-state index is -4.70. The molecule has 1 aliphatic heterocycles. The number of hydrogen-bond acceptors (Lipinski definition) is 8. The van der Waals surface area contributed by atoms with Gasteiger partial charge in [-0.2, -0.15) is 18.2 Å². The van der Waals surface area contributed by atoms with Gasteiger partial charge in [0.15, 0.2) is 0 Å². The summed E-state index contributed by atoms with van der Waals surface area (Å²) < 4.78 is 48.7. The zero-order valence-corrected chi connectivity index (χ0v) is 16.6. The van der Waals surface area contributed by atoms with Crippen molar-refractivity contribution in [2.75, 3.05) is 38.2 Å². The lowest BCUT2D eigenvalue weighted by Gasteiger charge is -2.35. The Morgan fingerprint density at radius 1 is 1.19 bits per heavy atom. The monoisotopic (exact) mass is 437 g/mol. The quantitative estimate of drug-likeness (QED) is 0.610. The lowest BCUT2D eigenvalue weighted by molar-refractivity contribution is -0.159. The third-order valence-corrected chi connectivity index (χ3v) is 4.78. The van der Waals surface area contributed by atoms with E-state index in [-0.39, 0.29) is 17.6 Å². The average molecular weight is 437 g/mol. The molecule has 3 aromatic rings. The summed E-state index contributed by atoms with van der Waals surface area (Å²) in [5, 5.41) is 7.45. The van der Waals surface area contributed by atoms with Crippen LogP contribution in [-0.2, 0) is 13.2 Å².